The minimum atomic E-state index is 0.861. The second-order valence-electron chi connectivity index (χ2n) is 4.37. The van der Waals surface area contributed by atoms with Crippen LogP contribution < -0.4 is 5.14 Å². The van der Waals surface area contributed by atoms with E-state index >= 15 is 0 Å². The van der Waals surface area contributed by atoms with E-state index in [1.54, 1.807) is 23.1 Å². The standard InChI is InChI=1S/C15H14N2S3/c16-19-10-12-5-3-4-11(8-12)9-18-15-17-13-6-1-2-7-14(13)20-15/h1-8H,9-10,16H2. The Kier molecular flexibility index (Phi) is 4.62. The zero-order valence-electron chi connectivity index (χ0n) is 10.8. The number of fused-ring (bicyclic) bond motifs is 1. The van der Waals surface area contributed by atoms with Gasteiger partial charge in [0.2, 0.25) is 0 Å². The highest BCUT2D eigenvalue weighted by molar-refractivity contribution is 8.00. The van der Waals surface area contributed by atoms with Gasteiger partial charge < -0.3 is 0 Å². The molecule has 3 rings (SSSR count). The predicted molar refractivity (Wildman–Crippen MR) is 91.1 cm³/mol. The first-order chi connectivity index (χ1) is 9.85. The van der Waals surface area contributed by atoms with Crippen LogP contribution in [-0.2, 0) is 11.5 Å². The smallest absolute Gasteiger partial charge is 0.151 e. The van der Waals surface area contributed by atoms with E-state index < -0.39 is 0 Å². The maximum absolute atomic E-state index is 5.52. The molecule has 0 atom stereocenters. The average molecular weight is 318 g/mol. The van der Waals surface area contributed by atoms with Crippen molar-refractivity contribution in [2.75, 3.05) is 0 Å². The Bertz CT molecular complexity index is 676. The second kappa shape index (κ2) is 6.63. The Morgan fingerprint density at radius 1 is 1.00 bits per heavy atom. The summed E-state index contributed by atoms with van der Waals surface area (Å²) < 4.78 is 2.38. The summed E-state index contributed by atoms with van der Waals surface area (Å²) in [5.41, 5.74) is 3.69. The molecule has 3 aromatic rings. The van der Waals surface area contributed by atoms with Crippen molar-refractivity contribution in [3.05, 3.63) is 59.7 Å². The van der Waals surface area contributed by atoms with Crippen LogP contribution in [0.5, 0.6) is 0 Å². The summed E-state index contributed by atoms with van der Waals surface area (Å²) >= 11 is 4.92. The van der Waals surface area contributed by atoms with Crippen LogP contribution in [-0.4, -0.2) is 4.98 Å². The second-order valence-corrected chi connectivity index (χ2v) is 7.24. The van der Waals surface area contributed by atoms with Gasteiger partial charge in [-0.3, -0.25) is 5.14 Å². The summed E-state index contributed by atoms with van der Waals surface area (Å²) in [7, 11) is 0. The van der Waals surface area contributed by atoms with Crippen LogP contribution in [0.3, 0.4) is 0 Å². The highest BCUT2D eigenvalue weighted by atomic mass is 32.2. The molecule has 20 heavy (non-hydrogen) atoms. The summed E-state index contributed by atoms with van der Waals surface area (Å²) in [6, 6.07) is 16.9. The predicted octanol–water partition coefficient (Wildman–Crippen LogP) is 4.70. The molecule has 0 fully saturated rings. The molecule has 2 aromatic carbocycles. The van der Waals surface area contributed by atoms with E-state index in [4.69, 9.17) is 5.14 Å². The molecule has 1 aromatic heterocycles. The van der Waals surface area contributed by atoms with Gasteiger partial charge in [0.25, 0.3) is 0 Å². The molecule has 0 aliphatic carbocycles. The summed E-state index contributed by atoms with van der Waals surface area (Å²) in [5.74, 6) is 1.81. The van der Waals surface area contributed by atoms with E-state index in [1.165, 1.54) is 27.8 Å². The van der Waals surface area contributed by atoms with Gasteiger partial charge in [0.1, 0.15) is 0 Å². The third kappa shape index (κ3) is 3.35. The Morgan fingerprint density at radius 3 is 2.60 bits per heavy atom. The molecule has 0 saturated carbocycles. The minimum Gasteiger partial charge on any atom is -0.278 e. The molecule has 2 nitrogen and oxygen atoms in total. The van der Waals surface area contributed by atoms with E-state index in [9.17, 15) is 0 Å². The molecule has 0 saturated heterocycles. The van der Waals surface area contributed by atoms with Crippen LogP contribution in [0.2, 0.25) is 0 Å². The number of thioether (sulfide) groups is 1. The van der Waals surface area contributed by atoms with Gasteiger partial charge in [0.15, 0.2) is 4.34 Å². The monoisotopic (exact) mass is 318 g/mol. The summed E-state index contributed by atoms with van der Waals surface area (Å²) in [6.45, 7) is 0. The normalized spacial score (nSPS) is 11.1. The third-order valence-corrected chi connectivity index (χ3v) is 5.63. The van der Waals surface area contributed by atoms with Gasteiger partial charge in [-0.2, -0.15) is 0 Å². The van der Waals surface area contributed by atoms with E-state index in [-0.39, 0.29) is 0 Å². The largest absolute Gasteiger partial charge is 0.278 e. The zero-order valence-corrected chi connectivity index (χ0v) is 13.2. The van der Waals surface area contributed by atoms with Crippen molar-refractivity contribution in [1.29, 1.82) is 0 Å². The van der Waals surface area contributed by atoms with Crippen LogP contribution in [0.1, 0.15) is 11.1 Å². The highest BCUT2D eigenvalue weighted by Crippen LogP contribution is 2.31. The Morgan fingerprint density at radius 2 is 1.80 bits per heavy atom. The lowest BCUT2D eigenvalue weighted by atomic mass is 10.2. The molecule has 5 heteroatoms. The average Bonchev–Trinajstić information content (AvgIpc) is 2.89. The maximum atomic E-state index is 5.52. The number of hydrogen-bond donors (Lipinski definition) is 1. The molecule has 102 valence electrons. The molecule has 1 heterocycles. The lowest BCUT2D eigenvalue weighted by Crippen LogP contribution is -1.87. The fraction of sp³-hybridized carbons (Fsp3) is 0.133. The molecule has 0 amide bonds. The van der Waals surface area contributed by atoms with Gasteiger partial charge in [0, 0.05) is 11.5 Å². The zero-order chi connectivity index (χ0) is 13.8. The van der Waals surface area contributed by atoms with Crippen molar-refractivity contribution < 1.29 is 0 Å². The lowest BCUT2D eigenvalue weighted by molar-refractivity contribution is 1.28. The van der Waals surface area contributed by atoms with Crippen LogP contribution in [0.25, 0.3) is 10.2 Å². The highest BCUT2D eigenvalue weighted by Gasteiger charge is 2.04. The molecule has 0 radical (unpaired) electrons. The number of hydrogen-bond acceptors (Lipinski definition) is 5. The van der Waals surface area contributed by atoms with Gasteiger partial charge in [-0.25, -0.2) is 4.98 Å². The quantitative estimate of drug-likeness (QED) is 0.547. The number of para-hydroxylation sites is 1. The van der Waals surface area contributed by atoms with Crippen molar-refractivity contribution in [3.8, 4) is 0 Å². The number of rotatable bonds is 5. The Hall–Kier alpha value is -1.01. The number of aromatic nitrogens is 1. The molecule has 2 N–H and O–H groups in total. The first-order valence-electron chi connectivity index (χ1n) is 6.23. The van der Waals surface area contributed by atoms with Gasteiger partial charge >= 0.3 is 0 Å². The third-order valence-electron chi connectivity index (χ3n) is 2.88. The molecule has 0 aliphatic rings. The first kappa shape index (κ1) is 13.9. The number of benzene rings is 2. The molecule has 0 aliphatic heterocycles. The van der Waals surface area contributed by atoms with Gasteiger partial charge in [-0.05, 0) is 23.3 Å². The fourth-order valence-corrected chi connectivity index (χ4v) is 4.35. The van der Waals surface area contributed by atoms with E-state index in [2.05, 4.69) is 47.4 Å². The molecule has 0 spiro atoms. The number of nitrogens with two attached hydrogens (primary N) is 1. The van der Waals surface area contributed by atoms with Gasteiger partial charge in [-0.1, -0.05) is 60.1 Å². The van der Waals surface area contributed by atoms with Crippen molar-refractivity contribution in [3.63, 3.8) is 0 Å². The fourth-order valence-electron chi connectivity index (χ4n) is 1.96. The molecule has 0 unspecified atom stereocenters. The van der Waals surface area contributed by atoms with E-state index in [0.717, 1.165) is 21.4 Å². The Balaban J connectivity index is 1.71. The van der Waals surface area contributed by atoms with E-state index in [1.807, 2.05) is 6.07 Å². The van der Waals surface area contributed by atoms with Crippen LogP contribution >= 0.6 is 35.0 Å². The lowest BCUT2D eigenvalue weighted by Gasteiger charge is -2.02. The van der Waals surface area contributed by atoms with Gasteiger partial charge in [-0.15, -0.1) is 11.3 Å². The van der Waals surface area contributed by atoms with Crippen LogP contribution in [0, 0.1) is 0 Å². The van der Waals surface area contributed by atoms with Crippen molar-refractivity contribution >= 4 is 45.3 Å². The molecular formula is C15H14N2S3. The van der Waals surface area contributed by atoms with Crippen molar-refractivity contribution in [1.82, 2.24) is 4.98 Å². The number of nitrogens with zero attached hydrogens (tertiary/aromatic N) is 1. The topological polar surface area (TPSA) is 38.9 Å². The summed E-state index contributed by atoms with van der Waals surface area (Å²) in [5, 5.41) is 5.52. The summed E-state index contributed by atoms with van der Waals surface area (Å²) in [4.78, 5) is 4.64. The SMILES string of the molecule is NSCc1cccc(CSc2nc3ccccc3s2)c1. The van der Waals surface area contributed by atoms with Crippen molar-refractivity contribution in [2.24, 2.45) is 5.14 Å². The van der Waals surface area contributed by atoms with Gasteiger partial charge in [0.05, 0.1) is 10.2 Å². The maximum Gasteiger partial charge on any atom is 0.151 e. The Labute approximate surface area is 130 Å². The van der Waals surface area contributed by atoms with Crippen molar-refractivity contribution in [2.45, 2.75) is 15.8 Å². The summed E-state index contributed by atoms with van der Waals surface area (Å²) in [6.07, 6.45) is 0. The molecular weight excluding hydrogens is 304 g/mol. The van der Waals surface area contributed by atoms with E-state index in [0.29, 0.717) is 0 Å². The molecule has 0 bridgehead atoms. The first-order valence-corrected chi connectivity index (χ1v) is 9.08. The van der Waals surface area contributed by atoms with Crippen LogP contribution in [0.15, 0.2) is 52.9 Å². The minimum absolute atomic E-state index is 0.861. The number of thiazole rings is 1. The van der Waals surface area contributed by atoms with Crippen LogP contribution in [0.4, 0.5) is 0 Å².